The highest BCUT2D eigenvalue weighted by Gasteiger charge is 2.14. The molecular weight excluding hydrogens is 345 g/mol. The van der Waals surface area contributed by atoms with Crippen molar-refractivity contribution in [2.45, 2.75) is 13.0 Å². The lowest BCUT2D eigenvalue weighted by Crippen LogP contribution is -2.30. The predicted octanol–water partition coefficient (Wildman–Crippen LogP) is 4.56. The average Bonchev–Trinajstić information content (AvgIpc) is 2.51. The van der Waals surface area contributed by atoms with Gasteiger partial charge in [0.25, 0.3) is 0 Å². The highest BCUT2D eigenvalue weighted by Crippen LogP contribution is 2.28. The molecule has 2 rings (SSSR count). The summed E-state index contributed by atoms with van der Waals surface area (Å²) in [5, 5.41) is 5.58. The number of amides is 1. The lowest BCUT2D eigenvalue weighted by atomic mass is 10.1. The second-order valence-corrected chi connectivity index (χ2v) is 5.73. The number of nitrogens with one attached hydrogen (secondary N) is 2. The number of hydrogen-bond acceptors (Lipinski definition) is 2. The van der Waals surface area contributed by atoms with Crippen molar-refractivity contribution in [3.8, 4) is 0 Å². The van der Waals surface area contributed by atoms with Gasteiger partial charge in [0.1, 0.15) is 11.6 Å². The number of hydrogen-bond donors (Lipinski definition) is 2. The van der Waals surface area contributed by atoms with Crippen LogP contribution >= 0.6 is 23.2 Å². The number of carbonyl (C=O) groups excluding carboxylic acids is 1. The van der Waals surface area contributed by atoms with E-state index in [2.05, 4.69) is 10.6 Å². The molecule has 0 fully saturated rings. The van der Waals surface area contributed by atoms with Gasteiger partial charge in [-0.3, -0.25) is 4.79 Å². The first kappa shape index (κ1) is 17.7. The summed E-state index contributed by atoms with van der Waals surface area (Å²) in [6.45, 7) is 1.64. The van der Waals surface area contributed by atoms with Gasteiger partial charge in [0.2, 0.25) is 5.91 Å². The number of carbonyl (C=O) groups is 1. The van der Waals surface area contributed by atoms with Gasteiger partial charge < -0.3 is 10.6 Å². The minimum atomic E-state index is -0.587. The van der Waals surface area contributed by atoms with Crippen LogP contribution in [0.4, 0.5) is 14.5 Å². The molecule has 2 N–H and O–H groups in total. The zero-order valence-corrected chi connectivity index (χ0v) is 13.7. The molecule has 0 bridgehead atoms. The smallest absolute Gasteiger partial charge is 0.238 e. The SMILES string of the molecule is C[C@H](NCC(=O)Nc1ccccc1F)c1cc(F)c(Cl)cc1Cl. The van der Waals surface area contributed by atoms with Gasteiger partial charge in [-0.25, -0.2) is 8.78 Å². The van der Waals surface area contributed by atoms with Crippen LogP contribution < -0.4 is 10.6 Å². The first-order valence-electron chi connectivity index (χ1n) is 6.80. The van der Waals surface area contributed by atoms with E-state index in [4.69, 9.17) is 23.2 Å². The Balaban J connectivity index is 1.96. The second kappa shape index (κ2) is 7.73. The molecule has 1 atom stereocenters. The molecule has 1 amide bonds. The van der Waals surface area contributed by atoms with Gasteiger partial charge in [0.15, 0.2) is 0 Å². The van der Waals surface area contributed by atoms with Crippen LogP contribution in [0.25, 0.3) is 0 Å². The van der Waals surface area contributed by atoms with Crippen molar-refractivity contribution in [2.24, 2.45) is 0 Å². The van der Waals surface area contributed by atoms with Gasteiger partial charge in [0, 0.05) is 11.1 Å². The molecule has 0 aliphatic rings. The predicted molar refractivity (Wildman–Crippen MR) is 87.9 cm³/mol. The molecule has 0 heterocycles. The number of para-hydroxylation sites is 1. The Hall–Kier alpha value is -1.69. The van der Waals surface area contributed by atoms with Crippen LogP contribution in [0.5, 0.6) is 0 Å². The minimum Gasteiger partial charge on any atom is -0.322 e. The average molecular weight is 359 g/mol. The number of anilines is 1. The molecule has 0 aliphatic carbocycles. The van der Waals surface area contributed by atoms with Gasteiger partial charge >= 0.3 is 0 Å². The van der Waals surface area contributed by atoms with Gasteiger partial charge in [-0.15, -0.1) is 0 Å². The Morgan fingerprint density at radius 1 is 1.13 bits per heavy atom. The molecule has 2 aromatic carbocycles. The van der Waals surface area contributed by atoms with E-state index in [1.165, 1.54) is 30.3 Å². The fourth-order valence-electron chi connectivity index (χ4n) is 1.98. The van der Waals surface area contributed by atoms with E-state index in [1.54, 1.807) is 13.0 Å². The van der Waals surface area contributed by atoms with Crippen LogP contribution in [0, 0.1) is 11.6 Å². The van der Waals surface area contributed by atoms with E-state index in [9.17, 15) is 13.6 Å². The third-order valence-electron chi connectivity index (χ3n) is 3.22. The lowest BCUT2D eigenvalue weighted by Gasteiger charge is -2.16. The normalized spacial score (nSPS) is 12.0. The van der Waals surface area contributed by atoms with Crippen molar-refractivity contribution >= 4 is 34.8 Å². The first-order chi connectivity index (χ1) is 10.9. The van der Waals surface area contributed by atoms with E-state index >= 15 is 0 Å². The van der Waals surface area contributed by atoms with Crippen LogP contribution in [0.1, 0.15) is 18.5 Å². The molecule has 0 saturated carbocycles. The fraction of sp³-hybridized carbons (Fsp3) is 0.188. The molecule has 3 nitrogen and oxygen atoms in total. The van der Waals surface area contributed by atoms with Crippen molar-refractivity contribution in [2.75, 3.05) is 11.9 Å². The first-order valence-corrected chi connectivity index (χ1v) is 7.56. The van der Waals surface area contributed by atoms with Crippen LogP contribution in [0.2, 0.25) is 10.0 Å². The number of benzene rings is 2. The van der Waals surface area contributed by atoms with E-state index in [0.29, 0.717) is 10.6 Å². The minimum absolute atomic E-state index is 0.0664. The van der Waals surface area contributed by atoms with Gasteiger partial charge in [-0.2, -0.15) is 0 Å². The van der Waals surface area contributed by atoms with Crippen LogP contribution in [0.15, 0.2) is 36.4 Å². The zero-order valence-electron chi connectivity index (χ0n) is 12.2. The molecule has 0 aromatic heterocycles. The third-order valence-corrected chi connectivity index (χ3v) is 3.84. The molecule has 122 valence electrons. The summed E-state index contributed by atoms with van der Waals surface area (Å²) in [7, 11) is 0. The van der Waals surface area contributed by atoms with Crippen molar-refractivity contribution < 1.29 is 13.6 Å². The maximum absolute atomic E-state index is 13.5. The Morgan fingerprint density at radius 2 is 1.83 bits per heavy atom. The van der Waals surface area contributed by atoms with Gasteiger partial charge in [-0.05, 0) is 36.8 Å². The summed E-state index contributed by atoms with van der Waals surface area (Å²) in [5.41, 5.74) is 0.579. The van der Waals surface area contributed by atoms with Crippen molar-refractivity contribution in [1.29, 1.82) is 0 Å². The highest BCUT2D eigenvalue weighted by atomic mass is 35.5. The Bertz CT molecular complexity index is 725. The van der Waals surface area contributed by atoms with E-state index in [1.807, 2.05) is 0 Å². The molecule has 0 radical (unpaired) electrons. The molecule has 2 aromatic rings. The number of halogens is 4. The lowest BCUT2D eigenvalue weighted by molar-refractivity contribution is -0.115. The Labute approximate surface area is 142 Å². The Morgan fingerprint density at radius 3 is 2.52 bits per heavy atom. The van der Waals surface area contributed by atoms with Crippen LogP contribution in [-0.2, 0) is 4.79 Å². The van der Waals surface area contributed by atoms with E-state index in [0.717, 1.165) is 0 Å². The van der Waals surface area contributed by atoms with E-state index < -0.39 is 17.5 Å². The fourth-order valence-corrected chi connectivity index (χ4v) is 2.53. The summed E-state index contributed by atoms with van der Waals surface area (Å²) < 4.78 is 27.0. The van der Waals surface area contributed by atoms with Gasteiger partial charge in [-0.1, -0.05) is 35.3 Å². The topological polar surface area (TPSA) is 41.1 Å². The van der Waals surface area contributed by atoms with Crippen LogP contribution in [-0.4, -0.2) is 12.5 Å². The molecular formula is C16H14Cl2F2N2O. The maximum Gasteiger partial charge on any atom is 0.238 e. The zero-order chi connectivity index (χ0) is 17.0. The molecule has 23 heavy (non-hydrogen) atoms. The van der Waals surface area contributed by atoms with Gasteiger partial charge in [0.05, 0.1) is 17.3 Å². The largest absolute Gasteiger partial charge is 0.322 e. The maximum atomic E-state index is 13.5. The molecule has 7 heteroatoms. The summed E-state index contributed by atoms with van der Waals surface area (Å²) in [5.74, 6) is -1.53. The summed E-state index contributed by atoms with van der Waals surface area (Å²) >= 11 is 11.7. The van der Waals surface area contributed by atoms with Crippen molar-refractivity contribution in [3.63, 3.8) is 0 Å². The third kappa shape index (κ3) is 4.64. The summed E-state index contributed by atoms with van der Waals surface area (Å²) in [6, 6.07) is 8.00. The summed E-state index contributed by atoms with van der Waals surface area (Å²) in [4.78, 5) is 11.8. The Kier molecular flexibility index (Phi) is 5.93. The summed E-state index contributed by atoms with van der Waals surface area (Å²) in [6.07, 6.45) is 0. The second-order valence-electron chi connectivity index (χ2n) is 4.92. The van der Waals surface area contributed by atoms with E-state index in [-0.39, 0.29) is 23.3 Å². The molecule has 0 unspecified atom stereocenters. The molecule has 0 aliphatic heterocycles. The standard InChI is InChI=1S/C16H14Cl2F2N2O/c1-9(10-6-14(20)12(18)7-11(10)17)21-8-16(23)22-15-5-3-2-4-13(15)19/h2-7,9,21H,8H2,1H3,(H,22,23)/t9-/m0/s1. The van der Waals surface area contributed by atoms with Crippen LogP contribution in [0.3, 0.4) is 0 Å². The molecule has 0 spiro atoms. The van der Waals surface area contributed by atoms with Crippen molar-refractivity contribution in [3.05, 3.63) is 63.6 Å². The monoisotopic (exact) mass is 358 g/mol. The molecule has 0 saturated heterocycles. The highest BCUT2D eigenvalue weighted by molar-refractivity contribution is 6.35. The van der Waals surface area contributed by atoms with Crippen molar-refractivity contribution in [1.82, 2.24) is 5.32 Å². The number of rotatable bonds is 5. The quantitative estimate of drug-likeness (QED) is 0.769.